The number of benzene rings is 1. The van der Waals surface area contributed by atoms with E-state index in [1.807, 2.05) is 6.07 Å². The lowest BCUT2D eigenvalue weighted by atomic mass is 9.78. The number of likely N-dealkylation sites (tertiary alicyclic amines) is 1. The van der Waals surface area contributed by atoms with Crippen LogP contribution >= 0.6 is 0 Å². The topological polar surface area (TPSA) is 33.7 Å². The Kier molecular flexibility index (Phi) is 5.91. The number of ether oxygens (including phenoxy) is 2. The maximum atomic E-state index is 14.1. The number of piperidine rings is 1. The van der Waals surface area contributed by atoms with E-state index in [1.165, 1.54) is 17.5 Å². The van der Waals surface area contributed by atoms with Gasteiger partial charge in [-0.25, -0.2) is 4.39 Å². The molecule has 4 nitrogen and oxygen atoms in total. The van der Waals surface area contributed by atoms with Gasteiger partial charge in [0.1, 0.15) is 5.82 Å². The summed E-state index contributed by atoms with van der Waals surface area (Å²) in [4.78, 5) is 2.65. The summed E-state index contributed by atoms with van der Waals surface area (Å²) in [6.07, 6.45) is 5.64. The summed E-state index contributed by atoms with van der Waals surface area (Å²) in [5.41, 5.74) is 2.64. The van der Waals surface area contributed by atoms with Crippen LogP contribution in [0.15, 0.2) is 18.2 Å². The fraction of sp³-hybridized carbons (Fsp3) is 0.760. The number of hydrogen-bond donors (Lipinski definition) is 1. The molecule has 0 saturated carbocycles. The predicted molar refractivity (Wildman–Crippen MR) is 116 cm³/mol. The van der Waals surface area contributed by atoms with Gasteiger partial charge in [-0.1, -0.05) is 19.9 Å². The van der Waals surface area contributed by atoms with Crippen molar-refractivity contribution in [1.29, 1.82) is 0 Å². The van der Waals surface area contributed by atoms with Gasteiger partial charge < -0.3 is 14.8 Å². The van der Waals surface area contributed by atoms with Gasteiger partial charge >= 0.3 is 0 Å². The minimum Gasteiger partial charge on any atom is -0.381 e. The van der Waals surface area contributed by atoms with Crippen molar-refractivity contribution in [3.05, 3.63) is 35.1 Å². The molecule has 4 atom stereocenters. The molecule has 0 radical (unpaired) electrons. The van der Waals surface area contributed by atoms with E-state index in [0.29, 0.717) is 29.8 Å². The standard InChI is InChI=1S/C25H37FN2O2/c1-17(2)11-24-25(16-27-24)13-21(15-30-25)28-8-5-18(6-9-28)23-12-20(26)3-4-22(23)19-7-10-29-14-19/h3-4,12,17-19,21,24,27H,5-11,13-16H2,1-2H3/t19?,21-,24?,25?/m0/s1. The van der Waals surface area contributed by atoms with Crippen molar-refractivity contribution in [1.82, 2.24) is 10.2 Å². The predicted octanol–water partition coefficient (Wildman–Crippen LogP) is 4.05. The number of nitrogens with one attached hydrogen (secondary N) is 1. The highest BCUT2D eigenvalue weighted by Crippen LogP contribution is 2.41. The summed E-state index contributed by atoms with van der Waals surface area (Å²) in [5.74, 6) is 1.49. The SMILES string of the molecule is CC(C)CC1NCC12C[C@H](N1CCC(c3cc(F)ccc3C3CCOC3)CC1)CO2. The van der Waals surface area contributed by atoms with Crippen LogP contribution < -0.4 is 5.32 Å². The van der Waals surface area contributed by atoms with E-state index < -0.39 is 0 Å². The molecule has 0 aromatic heterocycles. The lowest BCUT2D eigenvalue weighted by molar-refractivity contribution is -0.0826. The molecule has 5 heteroatoms. The smallest absolute Gasteiger partial charge is 0.123 e. The second kappa shape index (κ2) is 8.50. The lowest BCUT2D eigenvalue weighted by Gasteiger charge is -2.48. The van der Waals surface area contributed by atoms with Gasteiger partial charge in [0, 0.05) is 31.2 Å². The fourth-order valence-electron chi connectivity index (χ4n) is 6.25. The Morgan fingerprint density at radius 1 is 1.13 bits per heavy atom. The highest BCUT2D eigenvalue weighted by Gasteiger charge is 2.53. The number of rotatable bonds is 5. The highest BCUT2D eigenvalue weighted by atomic mass is 19.1. The Balaban J connectivity index is 1.21. The molecular formula is C25H37FN2O2. The van der Waals surface area contributed by atoms with Crippen molar-refractivity contribution < 1.29 is 13.9 Å². The Hall–Kier alpha value is -1.01. The zero-order chi connectivity index (χ0) is 20.7. The Bertz CT molecular complexity index is 743. The molecule has 0 aliphatic carbocycles. The molecule has 166 valence electrons. The van der Waals surface area contributed by atoms with Gasteiger partial charge in [-0.2, -0.15) is 0 Å². The van der Waals surface area contributed by atoms with Crippen molar-refractivity contribution >= 4 is 0 Å². The third-order valence-electron chi connectivity index (χ3n) is 8.04. The van der Waals surface area contributed by atoms with Gasteiger partial charge in [-0.15, -0.1) is 0 Å². The largest absolute Gasteiger partial charge is 0.381 e. The first-order valence-electron chi connectivity index (χ1n) is 12.0. The van der Waals surface area contributed by atoms with Crippen LogP contribution in [-0.4, -0.2) is 62.0 Å². The molecule has 1 N–H and O–H groups in total. The van der Waals surface area contributed by atoms with Gasteiger partial charge in [-0.3, -0.25) is 4.90 Å². The van der Waals surface area contributed by atoms with E-state index in [0.717, 1.165) is 65.1 Å². The van der Waals surface area contributed by atoms with E-state index in [2.05, 4.69) is 24.1 Å². The fourth-order valence-corrected chi connectivity index (χ4v) is 6.25. The summed E-state index contributed by atoms with van der Waals surface area (Å²) >= 11 is 0. The Morgan fingerprint density at radius 2 is 1.97 bits per heavy atom. The first kappa shape index (κ1) is 20.9. The minimum absolute atomic E-state index is 0.0734. The molecule has 4 aliphatic rings. The number of halogens is 1. The second-order valence-corrected chi connectivity index (χ2v) is 10.4. The van der Waals surface area contributed by atoms with E-state index in [9.17, 15) is 4.39 Å². The van der Waals surface area contributed by atoms with Crippen molar-refractivity contribution in [3.8, 4) is 0 Å². The minimum atomic E-state index is -0.102. The Morgan fingerprint density at radius 3 is 2.63 bits per heavy atom. The van der Waals surface area contributed by atoms with E-state index in [1.54, 1.807) is 12.1 Å². The summed E-state index contributed by atoms with van der Waals surface area (Å²) in [7, 11) is 0. The summed E-state index contributed by atoms with van der Waals surface area (Å²) < 4.78 is 26.1. The zero-order valence-corrected chi connectivity index (χ0v) is 18.5. The molecule has 1 spiro atoms. The van der Waals surface area contributed by atoms with Gasteiger partial charge in [-0.05, 0) is 80.3 Å². The molecule has 4 fully saturated rings. The van der Waals surface area contributed by atoms with Crippen LogP contribution in [-0.2, 0) is 9.47 Å². The van der Waals surface area contributed by atoms with Crippen molar-refractivity contribution in [2.75, 3.05) is 39.5 Å². The highest BCUT2D eigenvalue weighted by molar-refractivity contribution is 5.35. The van der Waals surface area contributed by atoms with E-state index in [-0.39, 0.29) is 11.4 Å². The maximum Gasteiger partial charge on any atom is 0.123 e. The normalized spacial score (nSPS) is 35.4. The second-order valence-electron chi connectivity index (χ2n) is 10.4. The summed E-state index contributed by atoms with van der Waals surface area (Å²) in [5, 5.41) is 3.61. The molecule has 4 aliphatic heterocycles. The monoisotopic (exact) mass is 416 g/mol. The van der Waals surface area contributed by atoms with Crippen LogP contribution in [0, 0.1) is 11.7 Å². The lowest BCUT2D eigenvalue weighted by Crippen LogP contribution is -2.68. The van der Waals surface area contributed by atoms with Crippen molar-refractivity contribution in [2.24, 2.45) is 5.92 Å². The van der Waals surface area contributed by atoms with Crippen LogP contribution in [0.25, 0.3) is 0 Å². The summed E-state index contributed by atoms with van der Waals surface area (Å²) in [6.45, 7) is 10.3. The average Bonchev–Trinajstić information content (AvgIpc) is 3.43. The molecule has 1 aromatic carbocycles. The van der Waals surface area contributed by atoms with Crippen LogP contribution in [0.2, 0.25) is 0 Å². The summed E-state index contributed by atoms with van der Waals surface area (Å²) in [6, 6.07) is 6.50. The molecule has 3 unspecified atom stereocenters. The van der Waals surface area contributed by atoms with Crippen LogP contribution in [0.1, 0.15) is 68.9 Å². The third kappa shape index (κ3) is 3.94. The number of nitrogens with zero attached hydrogens (tertiary/aromatic N) is 1. The maximum absolute atomic E-state index is 14.1. The molecule has 5 rings (SSSR count). The van der Waals surface area contributed by atoms with E-state index >= 15 is 0 Å². The molecule has 4 heterocycles. The molecule has 0 bridgehead atoms. The molecule has 30 heavy (non-hydrogen) atoms. The van der Waals surface area contributed by atoms with Crippen LogP contribution in [0.5, 0.6) is 0 Å². The van der Waals surface area contributed by atoms with Crippen molar-refractivity contribution in [3.63, 3.8) is 0 Å². The van der Waals surface area contributed by atoms with Gasteiger partial charge in [0.2, 0.25) is 0 Å². The quantitative estimate of drug-likeness (QED) is 0.785. The third-order valence-corrected chi connectivity index (χ3v) is 8.04. The molecular weight excluding hydrogens is 379 g/mol. The average molecular weight is 417 g/mol. The van der Waals surface area contributed by atoms with Crippen LogP contribution in [0.3, 0.4) is 0 Å². The van der Waals surface area contributed by atoms with Gasteiger partial charge in [0.25, 0.3) is 0 Å². The van der Waals surface area contributed by atoms with Gasteiger partial charge in [0.15, 0.2) is 0 Å². The van der Waals surface area contributed by atoms with Gasteiger partial charge in [0.05, 0.1) is 18.8 Å². The molecule has 1 aromatic rings. The van der Waals surface area contributed by atoms with E-state index in [4.69, 9.17) is 9.47 Å². The van der Waals surface area contributed by atoms with Crippen molar-refractivity contribution in [2.45, 2.75) is 75.5 Å². The zero-order valence-electron chi connectivity index (χ0n) is 18.5. The number of hydrogen-bond acceptors (Lipinski definition) is 4. The Labute approximate surface area is 180 Å². The molecule has 4 saturated heterocycles. The van der Waals surface area contributed by atoms with Crippen LogP contribution in [0.4, 0.5) is 4.39 Å². The first-order valence-corrected chi connectivity index (χ1v) is 12.0. The molecule has 0 amide bonds. The first-order chi connectivity index (χ1) is 14.5.